The third-order valence-corrected chi connectivity index (χ3v) is 4.49. The van der Waals surface area contributed by atoms with Crippen molar-refractivity contribution in [3.8, 4) is 5.75 Å². The van der Waals surface area contributed by atoms with Gasteiger partial charge in [-0.2, -0.15) is 0 Å². The molecule has 1 aromatic carbocycles. The molecule has 3 rings (SSSR count). The molecule has 0 atom stereocenters. The summed E-state index contributed by atoms with van der Waals surface area (Å²) in [5, 5.41) is 10.2. The summed E-state index contributed by atoms with van der Waals surface area (Å²) in [6.07, 6.45) is 9.30. The van der Waals surface area contributed by atoms with Crippen LogP contribution in [0.25, 0.3) is 0 Å². The van der Waals surface area contributed by atoms with E-state index >= 15 is 0 Å². The molecule has 2 nitrogen and oxygen atoms in total. The number of aromatic hydroxyl groups is 1. The zero-order valence-electron chi connectivity index (χ0n) is 10.3. The van der Waals surface area contributed by atoms with Crippen LogP contribution in [0.2, 0.25) is 0 Å². The minimum Gasteiger partial charge on any atom is -0.508 e. The summed E-state index contributed by atoms with van der Waals surface area (Å²) in [5.74, 6) is 0.424. The van der Waals surface area contributed by atoms with Crippen molar-refractivity contribution in [1.29, 1.82) is 0 Å². The largest absolute Gasteiger partial charge is 0.508 e. The molecule has 0 radical (unpaired) electrons. The highest BCUT2D eigenvalue weighted by Crippen LogP contribution is 2.43. The molecule has 17 heavy (non-hydrogen) atoms. The van der Waals surface area contributed by atoms with Crippen LogP contribution in [-0.2, 0) is 18.4 Å². The van der Waals surface area contributed by atoms with Crippen molar-refractivity contribution in [3.05, 3.63) is 28.8 Å². The van der Waals surface area contributed by atoms with Gasteiger partial charge >= 0.3 is 0 Å². The first-order chi connectivity index (χ1) is 8.19. The minimum atomic E-state index is -0.245. The van der Waals surface area contributed by atoms with Gasteiger partial charge in [0.2, 0.25) is 0 Å². The van der Waals surface area contributed by atoms with E-state index in [1.165, 1.54) is 36.8 Å². The topological polar surface area (TPSA) is 46.2 Å². The van der Waals surface area contributed by atoms with E-state index in [1.807, 2.05) is 6.07 Å². The summed E-state index contributed by atoms with van der Waals surface area (Å²) < 4.78 is 0. The van der Waals surface area contributed by atoms with Crippen LogP contribution >= 0.6 is 0 Å². The van der Waals surface area contributed by atoms with Gasteiger partial charge in [-0.1, -0.05) is 6.42 Å². The van der Waals surface area contributed by atoms with Crippen LogP contribution in [-0.4, -0.2) is 5.11 Å². The van der Waals surface area contributed by atoms with Gasteiger partial charge in [-0.25, -0.2) is 0 Å². The Morgan fingerprint density at radius 2 is 1.59 bits per heavy atom. The second kappa shape index (κ2) is 4.02. The van der Waals surface area contributed by atoms with E-state index < -0.39 is 0 Å². The molecule has 92 valence electrons. The number of phenols is 1. The molecule has 0 aliphatic heterocycles. The van der Waals surface area contributed by atoms with Crippen molar-refractivity contribution in [1.82, 2.24) is 0 Å². The molecular formula is C15H21NO. The molecule has 2 aliphatic rings. The first kappa shape index (κ1) is 11.1. The van der Waals surface area contributed by atoms with E-state index in [0.717, 1.165) is 31.2 Å². The molecular weight excluding hydrogens is 210 g/mol. The fourth-order valence-corrected chi connectivity index (χ4v) is 3.18. The maximum Gasteiger partial charge on any atom is 0.120 e. The van der Waals surface area contributed by atoms with Gasteiger partial charge in [-0.15, -0.1) is 0 Å². The van der Waals surface area contributed by atoms with E-state index in [1.54, 1.807) is 0 Å². The number of hydrogen-bond donors (Lipinski definition) is 2. The van der Waals surface area contributed by atoms with Gasteiger partial charge in [-0.3, -0.25) is 0 Å². The van der Waals surface area contributed by atoms with Crippen molar-refractivity contribution >= 4 is 0 Å². The molecule has 1 fully saturated rings. The minimum absolute atomic E-state index is 0.245. The molecule has 0 bridgehead atoms. The van der Waals surface area contributed by atoms with Crippen LogP contribution in [0.3, 0.4) is 0 Å². The van der Waals surface area contributed by atoms with E-state index in [4.69, 9.17) is 5.73 Å². The molecule has 1 saturated carbocycles. The number of aryl methyl sites for hydroxylation is 2. The maximum absolute atomic E-state index is 10.2. The van der Waals surface area contributed by atoms with E-state index in [-0.39, 0.29) is 5.54 Å². The average molecular weight is 231 g/mol. The van der Waals surface area contributed by atoms with Crippen molar-refractivity contribution in [2.24, 2.45) is 5.73 Å². The predicted octanol–water partition coefficient (Wildman–Crippen LogP) is 3.00. The average Bonchev–Trinajstić information content (AvgIpc) is 2.49. The summed E-state index contributed by atoms with van der Waals surface area (Å²) in [4.78, 5) is 0. The van der Waals surface area contributed by atoms with E-state index in [9.17, 15) is 5.11 Å². The Hall–Kier alpha value is -1.02. The Morgan fingerprint density at radius 1 is 0.941 bits per heavy atom. The lowest BCUT2D eigenvalue weighted by Crippen LogP contribution is -2.43. The Kier molecular flexibility index (Phi) is 2.62. The highest BCUT2D eigenvalue weighted by atomic mass is 16.3. The number of fused-ring (bicyclic) bond motifs is 1. The molecule has 0 heterocycles. The first-order valence-electron chi connectivity index (χ1n) is 6.83. The highest BCUT2D eigenvalue weighted by molar-refractivity contribution is 5.46. The van der Waals surface area contributed by atoms with Gasteiger partial charge < -0.3 is 10.8 Å². The van der Waals surface area contributed by atoms with Crippen LogP contribution in [0.5, 0.6) is 5.75 Å². The summed E-state index contributed by atoms with van der Waals surface area (Å²) in [6.45, 7) is 0. The molecule has 0 saturated heterocycles. The molecule has 2 aliphatic carbocycles. The smallest absolute Gasteiger partial charge is 0.120 e. The monoisotopic (exact) mass is 231 g/mol. The van der Waals surface area contributed by atoms with Crippen molar-refractivity contribution in [2.45, 2.75) is 56.9 Å². The molecule has 0 unspecified atom stereocenters. The van der Waals surface area contributed by atoms with Gasteiger partial charge in [-0.05, 0) is 68.2 Å². The fraction of sp³-hybridized carbons (Fsp3) is 0.600. The molecule has 1 aromatic rings. The fourth-order valence-electron chi connectivity index (χ4n) is 3.18. The lowest BCUT2D eigenvalue weighted by atomic mass is 9.71. The quantitative estimate of drug-likeness (QED) is 0.730. The second-order valence-electron chi connectivity index (χ2n) is 5.71. The standard InChI is InChI=1S/C15H21NO/c16-15(7-4-8-15)13-9-11-5-2-1-3-6-12(11)10-14(13)17/h9-10,17H,1-8,16H2. The first-order valence-corrected chi connectivity index (χ1v) is 6.83. The second-order valence-corrected chi connectivity index (χ2v) is 5.71. The number of phenolic OH excluding ortho intramolecular Hbond substituents is 1. The van der Waals surface area contributed by atoms with Crippen molar-refractivity contribution in [3.63, 3.8) is 0 Å². The van der Waals surface area contributed by atoms with Gasteiger partial charge in [0.15, 0.2) is 0 Å². The third kappa shape index (κ3) is 1.85. The van der Waals surface area contributed by atoms with E-state index in [0.29, 0.717) is 5.75 Å². The summed E-state index contributed by atoms with van der Waals surface area (Å²) >= 11 is 0. The van der Waals surface area contributed by atoms with E-state index in [2.05, 4.69) is 6.07 Å². The molecule has 2 heteroatoms. The van der Waals surface area contributed by atoms with Crippen LogP contribution in [0.15, 0.2) is 12.1 Å². The van der Waals surface area contributed by atoms with Crippen LogP contribution in [0, 0.1) is 0 Å². The van der Waals surface area contributed by atoms with Crippen LogP contribution < -0.4 is 5.73 Å². The van der Waals surface area contributed by atoms with Gasteiger partial charge in [0, 0.05) is 11.1 Å². The number of nitrogens with two attached hydrogens (primary N) is 1. The van der Waals surface area contributed by atoms with Crippen molar-refractivity contribution in [2.75, 3.05) is 0 Å². The normalized spacial score (nSPS) is 22.4. The lowest BCUT2D eigenvalue weighted by Gasteiger charge is -2.39. The number of rotatable bonds is 1. The Labute approximate surface area is 103 Å². The van der Waals surface area contributed by atoms with Crippen LogP contribution in [0.1, 0.15) is 55.2 Å². The summed E-state index contributed by atoms with van der Waals surface area (Å²) in [6, 6.07) is 4.16. The molecule has 0 amide bonds. The van der Waals surface area contributed by atoms with Crippen molar-refractivity contribution < 1.29 is 5.11 Å². The summed E-state index contributed by atoms with van der Waals surface area (Å²) in [7, 11) is 0. The number of benzene rings is 1. The highest BCUT2D eigenvalue weighted by Gasteiger charge is 2.36. The number of hydrogen-bond acceptors (Lipinski definition) is 2. The lowest BCUT2D eigenvalue weighted by molar-refractivity contribution is 0.245. The Bertz CT molecular complexity index is 435. The Balaban J connectivity index is 2.02. The van der Waals surface area contributed by atoms with Gasteiger partial charge in [0.1, 0.15) is 5.75 Å². The zero-order valence-corrected chi connectivity index (χ0v) is 10.3. The van der Waals surface area contributed by atoms with Gasteiger partial charge in [0.25, 0.3) is 0 Å². The SMILES string of the molecule is NC1(c2cc3c(cc2O)CCCCC3)CCC1. The predicted molar refractivity (Wildman–Crippen MR) is 69.1 cm³/mol. The molecule has 0 aromatic heterocycles. The molecule has 0 spiro atoms. The molecule has 3 N–H and O–H groups in total. The maximum atomic E-state index is 10.2. The Morgan fingerprint density at radius 3 is 2.18 bits per heavy atom. The summed E-state index contributed by atoms with van der Waals surface area (Å²) in [5.41, 5.74) is 9.85. The zero-order chi connectivity index (χ0) is 11.9. The third-order valence-electron chi connectivity index (χ3n) is 4.49. The van der Waals surface area contributed by atoms with Gasteiger partial charge in [0.05, 0.1) is 0 Å². The van der Waals surface area contributed by atoms with Crippen LogP contribution in [0.4, 0.5) is 0 Å².